The molecule has 1 aromatic rings. The molecule has 0 saturated heterocycles. The second kappa shape index (κ2) is 6.98. The number of ether oxygens (including phenoxy) is 2. The highest BCUT2D eigenvalue weighted by atomic mass is 16.5. The molecule has 0 amide bonds. The zero-order valence-electron chi connectivity index (χ0n) is 13.2. The molecule has 1 aromatic carbocycles. The van der Waals surface area contributed by atoms with Crippen molar-refractivity contribution in [2.24, 2.45) is 5.92 Å². The molecule has 2 atom stereocenters. The maximum atomic E-state index is 5.59. The number of benzene rings is 1. The minimum absolute atomic E-state index is 0.409. The van der Waals surface area contributed by atoms with Crippen LogP contribution < -0.4 is 14.8 Å². The molecule has 0 spiro atoms. The van der Waals surface area contributed by atoms with Crippen LogP contribution in [0.15, 0.2) is 12.1 Å². The predicted molar refractivity (Wildman–Crippen MR) is 82.7 cm³/mol. The Morgan fingerprint density at radius 3 is 2.70 bits per heavy atom. The van der Waals surface area contributed by atoms with E-state index in [-0.39, 0.29) is 0 Å². The van der Waals surface area contributed by atoms with Crippen LogP contribution >= 0.6 is 0 Å². The van der Waals surface area contributed by atoms with Gasteiger partial charge in [0.05, 0.1) is 14.2 Å². The van der Waals surface area contributed by atoms with E-state index >= 15 is 0 Å². The fourth-order valence-electron chi connectivity index (χ4n) is 3.07. The lowest BCUT2D eigenvalue weighted by atomic mass is 9.96. The molecule has 1 aliphatic carbocycles. The Balaban J connectivity index is 2.42. The van der Waals surface area contributed by atoms with Crippen molar-refractivity contribution in [2.45, 2.75) is 45.6 Å². The summed E-state index contributed by atoms with van der Waals surface area (Å²) in [7, 11) is 3.47. The number of hydrogen-bond donors (Lipinski definition) is 1. The molecular formula is C17H27NO2. The van der Waals surface area contributed by atoms with Crippen LogP contribution in [-0.4, -0.2) is 20.8 Å². The Bertz CT molecular complexity index is 445. The summed E-state index contributed by atoms with van der Waals surface area (Å²) in [5.74, 6) is 2.59. The van der Waals surface area contributed by atoms with Crippen molar-refractivity contribution in [2.75, 3.05) is 20.8 Å². The zero-order chi connectivity index (χ0) is 14.5. The van der Waals surface area contributed by atoms with E-state index in [1.54, 1.807) is 14.2 Å². The lowest BCUT2D eigenvalue weighted by molar-refractivity contribution is 0.387. The van der Waals surface area contributed by atoms with Gasteiger partial charge < -0.3 is 14.8 Å². The highest BCUT2D eigenvalue weighted by Crippen LogP contribution is 2.39. The van der Waals surface area contributed by atoms with Crippen molar-refractivity contribution >= 4 is 0 Å². The molecule has 3 heteroatoms. The third-order valence-electron chi connectivity index (χ3n) is 4.21. The molecule has 0 fully saturated rings. The highest BCUT2D eigenvalue weighted by molar-refractivity contribution is 5.48. The quantitative estimate of drug-likeness (QED) is 0.832. The van der Waals surface area contributed by atoms with Crippen molar-refractivity contribution in [1.29, 1.82) is 0 Å². The fraction of sp³-hybridized carbons (Fsp3) is 0.647. The summed E-state index contributed by atoms with van der Waals surface area (Å²) in [6.45, 7) is 5.60. The average Bonchev–Trinajstić information content (AvgIpc) is 2.63. The van der Waals surface area contributed by atoms with Crippen LogP contribution in [0.5, 0.6) is 11.5 Å². The largest absolute Gasteiger partial charge is 0.497 e. The summed E-state index contributed by atoms with van der Waals surface area (Å²) in [6.07, 6.45) is 4.65. The van der Waals surface area contributed by atoms with Gasteiger partial charge in [0, 0.05) is 12.1 Å². The molecule has 112 valence electrons. The van der Waals surface area contributed by atoms with E-state index in [1.165, 1.54) is 24.0 Å². The molecule has 0 aromatic heterocycles. The van der Waals surface area contributed by atoms with E-state index in [1.807, 2.05) is 6.07 Å². The molecule has 20 heavy (non-hydrogen) atoms. The molecule has 1 aliphatic rings. The number of hydrogen-bond acceptors (Lipinski definition) is 3. The fourth-order valence-corrected chi connectivity index (χ4v) is 3.07. The summed E-state index contributed by atoms with van der Waals surface area (Å²) < 4.78 is 11.0. The Morgan fingerprint density at radius 1 is 1.25 bits per heavy atom. The van der Waals surface area contributed by atoms with Gasteiger partial charge in [-0.3, -0.25) is 0 Å². The summed E-state index contributed by atoms with van der Waals surface area (Å²) in [6, 6.07) is 4.60. The maximum absolute atomic E-state index is 5.59. The van der Waals surface area contributed by atoms with E-state index in [0.717, 1.165) is 36.8 Å². The maximum Gasteiger partial charge on any atom is 0.126 e. The van der Waals surface area contributed by atoms with E-state index in [2.05, 4.69) is 25.2 Å². The van der Waals surface area contributed by atoms with Gasteiger partial charge in [-0.05, 0) is 55.3 Å². The standard InChI is InChI=1S/C17H27NO2/c1-5-8-18-16-9-12(2)6-7-14-15(16)10-13(19-3)11-17(14)20-4/h10-12,16,18H,5-9H2,1-4H3. The normalized spacial score (nSPS) is 22.0. The molecule has 0 saturated carbocycles. The van der Waals surface area contributed by atoms with Crippen LogP contribution in [0.4, 0.5) is 0 Å². The Kier molecular flexibility index (Phi) is 5.30. The van der Waals surface area contributed by atoms with Gasteiger partial charge in [-0.25, -0.2) is 0 Å². The highest BCUT2D eigenvalue weighted by Gasteiger charge is 2.25. The van der Waals surface area contributed by atoms with Crippen LogP contribution in [0, 0.1) is 5.92 Å². The molecular weight excluding hydrogens is 250 g/mol. The third kappa shape index (κ3) is 3.26. The molecule has 2 rings (SSSR count). The second-order valence-electron chi connectivity index (χ2n) is 5.78. The Hall–Kier alpha value is -1.22. The summed E-state index contributed by atoms with van der Waals surface area (Å²) in [5.41, 5.74) is 2.71. The molecule has 3 nitrogen and oxygen atoms in total. The first-order valence-electron chi connectivity index (χ1n) is 7.67. The lowest BCUT2D eigenvalue weighted by Gasteiger charge is -2.22. The van der Waals surface area contributed by atoms with Crippen molar-refractivity contribution in [3.05, 3.63) is 23.3 Å². The van der Waals surface area contributed by atoms with Crippen molar-refractivity contribution in [1.82, 2.24) is 5.32 Å². The molecule has 0 heterocycles. The van der Waals surface area contributed by atoms with Gasteiger partial charge >= 0.3 is 0 Å². The van der Waals surface area contributed by atoms with Crippen LogP contribution in [-0.2, 0) is 6.42 Å². The first kappa shape index (κ1) is 15.2. The van der Waals surface area contributed by atoms with Crippen LogP contribution in [0.1, 0.15) is 50.3 Å². The van der Waals surface area contributed by atoms with Gasteiger partial charge in [0.25, 0.3) is 0 Å². The smallest absolute Gasteiger partial charge is 0.126 e. The summed E-state index contributed by atoms with van der Waals surface area (Å²) in [4.78, 5) is 0. The summed E-state index contributed by atoms with van der Waals surface area (Å²) >= 11 is 0. The van der Waals surface area contributed by atoms with E-state index in [4.69, 9.17) is 9.47 Å². The van der Waals surface area contributed by atoms with E-state index in [0.29, 0.717) is 6.04 Å². The minimum Gasteiger partial charge on any atom is -0.497 e. The van der Waals surface area contributed by atoms with Crippen molar-refractivity contribution < 1.29 is 9.47 Å². The SMILES string of the molecule is CCCNC1CC(C)CCc2c(OC)cc(OC)cc21. The van der Waals surface area contributed by atoms with Crippen molar-refractivity contribution in [3.8, 4) is 11.5 Å². The van der Waals surface area contributed by atoms with Gasteiger partial charge in [-0.2, -0.15) is 0 Å². The van der Waals surface area contributed by atoms with Gasteiger partial charge in [-0.15, -0.1) is 0 Å². The molecule has 0 radical (unpaired) electrons. The number of nitrogens with one attached hydrogen (secondary N) is 1. The van der Waals surface area contributed by atoms with E-state index < -0.39 is 0 Å². The Labute approximate surface area is 122 Å². The van der Waals surface area contributed by atoms with Gasteiger partial charge in [-0.1, -0.05) is 13.8 Å². The number of methoxy groups -OCH3 is 2. The van der Waals surface area contributed by atoms with E-state index in [9.17, 15) is 0 Å². The first-order valence-corrected chi connectivity index (χ1v) is 7.67. The van der Waals surface area contributed by atoms with Gasteiger partial charge in [0.1, 0.15) is 11.5 Å². The predicted octanol–water partition coefficient (Wildman–Crippen LogP) is 3.72. The van der Waals surface area contributed by atoms with Crippen LogP contribution in [0.3, 0.4) is 0 Å². The third-order valence-corrected chi connectivity index (χ3v) is 4.21. The van der Waals surface area contributed by atoms with Gasteiger partial charge in [0.2, 0.25) is 0 Å². The Morgan fingerprint density at radius 2 is 2.05 bits per heavy atom. The van der Waals surface area contributed by atoms with Crippen LogP contribution in [0.2, 0.25) is 0 Å². The summed E-state index contributed by atoms with van der Waals surface area (Å²) in [5, 5.41) is 3.69. The molecule has 0 aliphatic heterocycles. The molecule has 2 unspecified atom stereocenters. The number of rotatable bonds is 5. The lowest BCUT2D eigenvalue weighted by Crippen LogP contribution is -2.23. The second-order valence-corrected chi connectivity index (χ2v) is 5.78. The monoisotopic (exact) mass is 277 g/mol. The molecule has 0 bridgehead atoms. The average molecular weight is 277 g/mol. The van der Waals surface area contributed by atoms with Crippen molar-refractivity contribution in [3.63, 3.8) is 0 Å². The van der Waals surface area contributed by atoms with Gasteiger partial charge in [0.15, 0.2) is 0 Å². The molecule has 1 N–H and O–H groups in total. The first-order chi connectivity index (χ1) is 9.69. The minimum atomic E-state index is 0.409. The van der Waals surface area contributed by atoms with Crippen LogP contribution in [0.25, 0.3) is 0 Å². The zero-order valence-corrected chi connectivity index (χ0v) is 13.2. The number of fused-ring (bicyclic) bond motifs is 1. The topological polar surface area (TPSA) is 30.5 Å².